The summed E-state index contributed by atoms with van der Waals surface area (Å²) in [7, 11) is 0. The molecular formula is C17H14O3S. The summed E-state index contributed by atoms with van der Waals surface area (Å²) in [5.41, 5.74) is 3.06. The van der Waals surface area contributed by atoms with E-state index in [4.69, 9.17) is 21.7 Å². The zero-order chi connectivity index (χ0) is 14.7. The van der Waals surface area contributed by atoms with Gasteiger partial charge in [-0.1, -0.05) is 54.7 Å². The van der Waals surface area contributed by atoms with Gasteiger partial charge in [0, 0.05) is 22.1 Å². The van der Waals surface area contributed by atoms with E-state index in [0.717, 1.165) is 11.1 Å². The molecule has 0 spiro atoms. The first-order valence-corrected chi connectivity index (χ1v) is 7.18. The zero-order valence-electron chi connectivity index (χ0n) is 11.3. The molecule has 4 heteroatoms. The van der Waals surface area contributed by atoms with Gasteiger partial charge in [0.15, 0.2) is 12.1 Å². The molecule has 1 fully saturated rings. The molecule has 2 aromatic carbocycles. The predicted octanol–water partition coefficient (Wildman–Crippen LogP) is 3.31. The average Bonchev–Trinajstić information content (AvgIpc) is 3.09. The summed E-state index contributed by atoms with van der Waals surface area (Å²) in [5.74, 6) is -0.0224. The Morgan fingerprint density at radius 3 is 2.43 bits per heavy atom. The Bertz CT molecular complexity index is 658. The highest BCUT2D eigenvalue weighted by molar-refractivity contribution is 7.79. The minimum absolute atomic E-state index is 0.0224. The molecule has 0 amide bonds. The molecule has 0 aliphatic carbocycles. The molecule has 3 rings (SSSR count). The number of thiocarbonyl (C=S) groups is 1. The molecule has 0 atom stereocenters. The van der Waals surface area contributed by atoms with Crippen molar-refractivity contribution in [1.82, 2.24) is 0 Å². The highest BCUT2D eigenvalue weighted by Crippen LogP contribution is 2.24. The van der Waals surface area contributed by atoms with Crippen LogP contribution in [-0.4, -0.2) is 24.4 Å². The molecule has 1 heterocycles. The number of hydrogen-bond acceptors (Lipinski definition) is 4. The van der Waals surface area contributed by atoms with Gasteiger partial charge in [0.05, 0.1) is 13.2 Å². The monoisotopic (exact) mass is 298 g/mol. The van der Waals surface area contributed by atoms with Gasteiger partial charge < -0.3 is 9.47 Å². The Morgan fingerprint density at radius 2 is 1.76 bits per heavy atom. The van der Waals surface area contributed by atoms with Crippen molar-refractivity contribution in [2.45, 2.75) is 6.29 Å². The topological polar surface area (TPSA) is 35.5 Å². The number of rotatable bonds is 4. The molecule has 1 aliphatic rings. The number of ether oxygens (including phenoxy) is 2. The van der Waals surface area contributed by atoms with Crippen molar-refractivity contribution < 1.29 is 14.3 Å². The van der Waals surface area contributed by atoms with E-state index in [-0.39, 0.29) is 12.1 Å². The van der Waals surface area contributed by atoms with Crippen LogP contribution in [-0.2, 0) is 9.47 Å². The number of carbonyl (C=O) groups excluding carboxylic acids is 1. The molecule has 106 valence electrons. The van der Waals surface area contributed by atoms with Crippen molar-refractivity contribution in [3.63, 3.8) is 0 Å². The molecule has 0 N–H and O–H groups in total. The number of ketones is 1. The molecule has 0 unspecified atom stereocenters. The molecule has 0 bridgehead atoms. The maximum Gasteiger partial charge on any atom is 0.193 e. The Labute approximate surface area is 128 Å². The lowest BCUT2D eigenvalue weighted by atomic mass is 10.0. The van der Waals surface area contributed by atoms with Gasteiger partial charge in [-0.25, -0.2) is 0 Å². The van der Waals surface area contributed by atoms with E-state index < -0.39 is 0 Å². The smallest absolute Gasteiger partial charge is 0.193 e. The highest BCUT2D eigenvalue weighted by atomic mass is 32.1. The molecule has 21 heavy (non-hydrogen) atoms. The third kappa shape index (κ3) is 3.08. The molecule has 3 nitrogen and oxygen atoms in total. The van der Waals surface area contributed by atoms with E-state index >= 15 is 0 Å². The first-order valence-electron chi connectivity index (χ1n) is 6.71. The first-order chi connectivity index (χ1) is 10.3. The van der Waals surface area contributed by atoms with Gasteiger partial charge in [0.25, 0.3) is 0 Å². The van der Waals surface area contributed by atoms with Crippen molar-refractivity contribution in [1.29, 1.82) is 0 Å². The van der Waals surface area contributed by atoms with Crippen LogP contribution in [0.5, 0.6) is 0 Å². The Balaban J connectivity index is 1.86. The minimum atomic E-state index is -0.366. The van der Waals surface area contributed by atoms with Crippen LogP contribution in [0.25, 0.3) is 0 Å². The van der Waals surface area contributed by atoms with Gasteiger partial charge in [0.1, 0.15) is 0 Å². The summed E-state index contributed by atoms with van der Waals surface area (Å²) >= 11 is 4.86. The van der Waals surface area contributed by atoms with E-state index in [1.807, 2.05) is 30.3 Å². The van der Waals surface area contributed by atoms with E-state index in [9.17, 15) is 4.79 Å². The third-order valence-electron chi connectivity index (χ3n) is 3.35. The molecule has 2 aromatic rings. The fourth-order valence-corrected chi connectivity index (χ4v) is 2.41. The van der Waals surface area contributed by atoms with Gasteiger partial charge in [-0.2, -0.15) is 0 Å². The summed E-state index contributed by atoms with van der Waals surface area (Å²) in [5, 5.41) is 1.59. The van der Waals surface area contributed by atoms with Crippen molar-refractivity contribution >= 4 is 23.4 Å². The SMILES string of the molecule is O=C(c1ccc(C=S)cc1)c1cccc(C2OCCO2)c1. The van der Waals surface area contributed by atoms with Crippen LogP contribution in [0.1, 0.15) is 33.3 Å². The summed E-state index contributed by atoms with van der Waals surface area (Å²) in [4.78, 5) is 12.5. The zero-order valence-corrected chi connectivity index (χ0v) is 12.1. The van der Waals surface area contributed by atoms with E-state index in [2.05, 4.69) is 0 Å². The number of benzene rings is 2. The fourth-order valence-electron chi connectivity index (χ4n) is 2.26. The summed E-state index contributed by atoms with van der Waals surface area (Å²) in [6.07, 6.45) is -0.366. The van der Waals surface area contributed by atoms with Gasteiger partial charge in [-0.05, 0) is 11.6 Å². The Hall–Kier alpha value is -1.88. The lowest BCUT2D eigenvalue weighted by molar-refractivity contribution is -0.0441. The van der Waals surface area contributed by atoms with Crippen LogP contribution >= 0.6 is 12.2 Å². The van der Waals surface area contributed by atoms with Crippen molar-refractivity contribution in [3.8, 4) is 0 Å². The van der Waals surface area contributed by atoms with Gasteiger partial charge in [-0.3, -0.25) is 4.79 Å². The number of hydrogen-bond donors (Lipinski definition) is 0. The van der Waals surface area contributed by atoms with Crippen LogP contribution in [0.4, 0.5) is 0 Å². The van der Waals surface area contributed by atoms with Crippen LogP contribution in [0.2, 0.25) is 0 Å². The molecule has 0 saturated carbocycles. The van der Waals surface area contributed by atoms with Crippen molar-refractivity contribution in [3.05, 3.63) is 70.8 Å². The standard InChI is InChI=1S/C17H14O3S/c18-16(13-6-4-12(11-21)5-7-13)14-2-1-3-15(10-14)17-19-8-9-20-17/h1-7,10-11,17H,8-9H2. The first kappa shape index (κ1) is 14.1. The maximum atomic E-state index is 12.5. The maximum absolute atomic E-state index is 12.5. The van der Waals surface area contributed by atoms with Crippen molar-refractivity contribution in [2.24, 2.45) is 0 Å². The van der Waals surface area contributed by atoms with Gasteiger partial charge in [0.2, 0.25) is 0 Å². The minimum Gasteiger partial charge on any atom is -0.346 e. The summed E-state index contributed by atoms with van der Waals surface area (Å²) < 4.78 is 10.9. The summed E-state index contributed by atoms with van der Waals surface area (Å²) in [6, 6.07) is 14.6. The highest BCUT2D eigenvalue weighted by Gasteiger charge is 2.19. The predicted molar refractivity (Wildman–Crippen MR) is 83.7 cm³/mol. The van der Waals surface area contributed by atoms with Gasteiger partial charge in [-0.15, -0.1) is 0 Å². The lowest BCUT2D eigenvalue weighted by Crippen LogP contribution is -2.04. The normalized spacial score (nSPS) is 15.0. The second kappa shape index (κ2) is 6.26. The van der Waals surface area contributed by atoms with E-state index in [0.29, 0.717) is 24.3 Å². The quantitative estimate of drug-likeness (QED) is 0.641. The van der Waals surface area contributed by atoms with Crippen LogP contribution in [0.3, 0.4) is 0 Å². The largest absolute Gasteiger partial charge is 0.346 e. The van der Waals surface area contributed by atoms with Gasteiger partial charge >= 0.3 is 0 Å². The Morgan fingerprint density at radius 1 is 1.05 bits per heavy atom. The molecule has 0 radical (unpaired) electrons. The van der Waals surface area contributed by atoms with Crippen LogP contribution in [0.15, 0.2) is 48.5 Å². The fraction of sp³-hybridized carbons (Fsp3) is 0.176. The average molecular weight is 298 g/mol. The second-order valence-electron chi connectivity index (χ2n) is 4.77. The Kier molecular flexibility index (Phi) is 4.20. The molecule has 0 aromatic heterocycles. The van der Waals surface area contributed by atoms with Crippen LogP contribution in [0, 0.1) is 0 Å². The molecule has 1 saturated heterocycles. The van der Waals surface area contributed by atoms with Crippen molar-refractivity contribution in [2.75, 3.05) is 13.2 Å². The van der Waals surface area contributed by atoms with E-state index in [1.54, 1.807) is 23.6 Å². The number of carbonyl (C=O) groups is 1. The third-order valence-corrected chi connectivity index (χ3v) is 3.62. The van der Waals surface area contributed by atoms with Crippen LogP contribution < -0.4 is 0 Å². The molecular weight excluding hydrogens is 284 g/mol. The summed E-state index contributed by atoms with van der Waals surface area (Å²) in [6.45, 7) is 1.17. The van der Waals surface area contributed by atoms with E-state index in [1.165, 1.54) is 0 Å². The second-order valence-corrected chi connectivity index (χ2v) is 5.00. The molecule has 1 aliphatic heterocycles. The lowest BCUT2D eigenvalue weighted by Gasteiger charge is -2.10.